The van der Waals surface area contributed by atoms with E-state index in [4.69, 9.17) is 4.74 Å². The Morgan fingerprint density at radius 3 is 2.60 bits per heavy atom. The van der Waals surface area contributed by atoms with Crippen molar-refractivity contribution in [3.8, 4) is 0 Å². The second kappa shape index (κ2) is 8.46. The van der Waals surface area contributed by atoms with Crippen molar-refractivity contribution < 1.29 is 23.9 Å². The van der Waals surface area contributed by atoms with Crippen LogP contribution in [0.15, 0.2) is 36.4 Å². The maximum atomic E-state index is 12.6. The molecule has 25 heavy (non-hydrogen) atoms. The van der Waals surface area contributed by atoms with Gasteiger partial charge in [0, 0.05) is 6.42 Å². The van der Waals surface area contributed by atoms with E-state index in [1.807, 2.05) is 30.3 Å². The number of Topliss-reactive ketones (excluding diaryl/α,β-unsaturated/α-hetero) is 1. The van der Waals surface area contributed by atoms with Crippen LogP contribution in [0.3, 0.4) is 0 Å². The Hall–Kier alpha value is -2.63. The molecule has 6 nitrogen and oxygen atoms in total. The van der Waals surface area contributed by atoms with Crippen LogP contribution in [0.1, 0.15) is 31.7 Å². The van der Waals surface area contributed by atoms with Crippen molar-refractivity contribution in [3.63, 3.8) is 0 Å². The van der Waals surface area contributed by atoms with E-state index < -0.39 is 23.5 Å². The molecule has 1 aromatic carbocycles. The van der Waals surface area contributed by atoms with Crippen LogP contribution in [0.25, 0.3) is 6.08 Å². The minimum Gasteiger partial charge on any atom is -0.465 e. The first-order valence-electron chi connectivity index (χ1n) is 8.33. The number of alkyl carbamates (subject to hydrolysis) is 1. The number of rotatable bonds is 6. The van der Waals surface area contributed by atoms with Gasteiger partial charge in [0.1, 0.15) is 5.41 Å². The van der Waals surface area contributed by atoms with Gasteiger partial charge in [-0.05, 0) is 25.3 Å². The van der Waals surface area contributed by atoms with E-state index >= 15 is 0 Å². The predicted molar refractivity (Wildman–Crippen MR) is 92.7 cm³/mol. The lowest BCUT2D eigenvalue weighted by Crippen LogP contribution is -2.54. The monoisotopic (exact) mass is 345 g/mol. The SMILES string of the molecule is CCOC(=O)[C@@]1([C@H](/C=C/c2ccccc2)NC(=O)OC)CCCC1=O. The molecule has 6 heteroatoms. The highest BCUT2D eigenvalue weighted by atomic mass is 16.5. The normalized spacial score (nSPS) is 21.1. The molecule has 0 saturated heterocycles. The zero-order chi connectivity index (χ0) is 18.3. The Morgan fingerprint density at radius 1 is 1.32 bits per heavy atom. The molecular weight excluding hydrogens is 322 g/mol. The number of benzene rings is 1. The van der Waals surface area contributed by atoms with Gasteiger partial charge >= 0.3 is 12.1 Å². The maximum Gasteiger partial charge on any atom is 0.407 e. The fourth-order valence-corrected chi connectivity index (χ4v) is 3.11. The van der Waals surface area contributed by atoms with Gasteiger partial charge in [-0.2, -0.15) is 0 Å². The van der Waals surface area contributed by atoms with Crippen LogP contribution in [-0.4, -0.2) is 37.6 Å². The molecule has 0 aromatic heterocycles. The fraction of sp³-hybridized carbons (Fsp3) is 0.421. The molecule has 2 atom stereocenters. The molecule has 134 valence electrons. The van der Waals surface area contributed by atoms with Gasteiger partial charge in [0.25, 0.3) is 0 Å². The largest absolute Gasteiger partial charge is 0.465 e. The lowest BCUT2D eigenvalue weighted by molar-refractivity contribution is -0.159. The maximum absolute atomic E-state index is 12.6. The van der Waals surface area contributed by atoms with Crippen LogP contribution in [0.2, 0.25) is 0 Å². The van der Waals surface area contributed by atoms with E-state index in [2.05, 4.69) is 10.1 Å². The number of carbonyl (C=O) groups is 3. The highest BCUT2D eigenvalue weighted by Crippen LogP contribution is 2.40. The second-order valence-corrected chi connectivity index (χ2v) is 5.85. The van der Waals surface area contributed by atoms with Crippen molar-refractivity contribution >= 4 is 23.9 Å². The van der Waals surface area contributed by atoms with E-state index in [1.54, 1.807) is 19.1 Å². The molecule has 2 rings (SSSR count). The van der Waals surface area contributed by atoms with Gasteiger partial charge in [0.15, 0.2) is 5.78 Å². The third-order valence-electron chi connectivity index (χ3n) is 4.38. The zero-order valence-electron chi connectivity index (χ0n) is 14.5. The Bertz CT molecular complexity index is 655. The topological polar surface area (TPSA) is 81.7 Å². The van der Waals surface area contributed by atoms with Crippen LogP contribution >= 0.6 is 0 Å². The van der Waals surface area contributed by atoms with Crippen molar-refractivity contribution in [2.75, 3.05) is 13.7 Å². The van der Waals surface area contributed by atoms with Crippen molar-refractivity contribution in [3.05, 3.63) is 42.0 Å². The second-order valence-electron chi connectivity index (χ2n) is 5.85. The minimum absolute atomic E-state index is 0.168. The number of nitrogens with one attached hydrogen (secondary N) is 1. The van der Waals surface area contributed by atoms with Crippen LogP contribution in [0.4, 0.5) is 4.79 Å². The molecular formula is C19H23NO5. The van der Waals surface area contributed by atoms with E-state index in [1.165, 1.54) is 7.11 Å². The molecule has 1 N–H and O–H groups in total. The molecule has 0 radical (unpaired) electrons. The van der Waals surface area contributed by atoms with Crippen molar-refractivity contribution in [2.45, 2.75) is 32.2 Å². The van der Waals surface area contributed by atoms with Crippen LogP contribution in [0.5, 0.6) is 0 Å². The summed E-state index contributed by atoms with van der Waals surface area (Å²) in [7, 11) is 1.24. The number of methoxy groups -OCH3 is 1. The van der Waals surface area contributed by atoms with Gasteiger partial charge in [-0.3, -0.25) is 9.59 Å². The van der Waals surface area contributed by atoms with Gasteiger partial charge in [-0.25, -0.2) is 4.79 Å². The molecule has 0 unspecified atom stereocenters. The van der Waals surface area contributed by atoms with E-state index in [0.717, 1.165) is 5.56 Å². The third-order valence-corrected chi connectivity index (χ3v) is 4.38. The predicted octanol–water partition coefficient (Wildman–Crippen LogP) is 2.73. The Labute approximate surface area is 147 Å². The Morgan fingerprint density at radius 2 is 2.04 bits per heavy atom. The van der Waals surface area contributed by atoms with E-state index in [-0.39, 0.29) is 18.8 Å². The van der Waals surface area contributed by atoms with Crippen LogP contribution < -0.4 is 5.32 Å². The number of ether oxygens (including phenoxy) is 2. The average molecular weight is 345 g/mol. The standard InChI is InChI=1S/C19H23NO5/c1-3-25-17(22)19(13-7-10-16(19)21)15(20-18(23)24-2)12-11-14-8-5-4-6-9-14/h4-6,8-9,11-12,15H,3,7,10,13H2,1-2H3,(H,20,23)/b12-11+/t15-,19+/m0/s1. The Kier molecular flexibility index (Phi) is 6.33. The van der Waals surface area contributed by atoms with Gasteiger partial charge in [0.2, 0.25) is 0 Å². The molecule has 1 amide bonds. The van der Waals surface area contributed by atoms with Crippen LogP contribution in [-0.2, 0) is 19.1 Å². The summed E-state index contributed by atoms with van der Waals surface area (Å²) < 4.78 is 9.83. The molecule has 1 saturated carbocycles. The molecule has 1 aliphatic carbocycles. The number of hydrogen-bond acceptors (Lipinski definition) is 5. The smallest absolute Gasteiger partial charge is 0.407 e. The van der Waals surface area contributed by atoms with Crippen LogP contribution in [0, 0.1) is 5.41 Å². The molecule has 1 aromatic rings. The molecule has 1 fully saturated rings. The minimum atomic E-state index is -1.41. The molecule has 0 bridgehead atoms. The number of carbonyl (C=O) groups excluding carboxylic acids is 3. The number of esters is 1. The number of amides is 1. The van der Waals surface area contributed by atoms with Gasteiger partial charge in [0.05, 0.1) is 19.8 Å². The zero-order valence-corrected chi connectivity index (χ0v) is 14.5. The summed E-state index contributed by atoms with van der Waals surface area (Å²) in [6.45, 7) is 1.86. The summed E-state index contributed by atoms with van der Waals surface area (Å²) in [4.78, 5) is 37.0. The van der Waals surface area contributed by atoms with Gasteiger partial charge in [-0.1, -0.05) is 42.5 Å². The molecule has 0 heterocycles. The summed E-state index contributed by atoms with van der Waals surface area (Å²) in [5, 5.41) is 2.62. The third kappa shape index (κ3) is 4.07. The summed E-state index contributed by atoms with van der Waals surface area (Å²) in [5.74, 6) is -0.818. The number of ketones is 1. The van der Waals surface area contributed by atoms with E-state index in [0.29, 0.717) is 12.8 Å². The molecule has 0 spiro atoms. The first kappa shape index (κ1) is 18.7. The first-order valence-corrected chi connectivity index (χ1v) is 8.33. The molecule has 1 aliphatic rings. The average Bonchev–Trinajstić information content (AvgIpc) is 3.01. The summed E-state index contributed by atoms with van der Waals surface area (Å²) >= 11 is 0. The lowest BCUT2D eigenvalue weighted by atomic mass is 9.77. The fourth-order valence-electron chi connectivity index (χ4n) is 3.11. The van der Waals surface area contributed by atoms with Crippen molar-refractivity contribution in [1.82, 2.24) is 5.32 Å². The van der Waals surface area contributed by atoms with Crippen molar-refractivity contribution in [1.29, 1.82) is 0 Å². The highest BCUT2D eigenvalue weighted by Gasteiger charge is 2.55. The lowest BCUT2D eigenvalue weighted by Gasteiger charge is -2.32. The van der Waals surface area contributed by atoms with Gasteiger partial charge < -0.3 is 14.8 Å². The summed E-state index contributed by atoms with van der Waals surface area (Å²) in [6, 6.07) is 8.59. The molecule has 0 aliphatic heterocycles. The Balaban J connectivity index is 2.40. The first-order chi connectivity index (χ1) is 12.0. The highest BCUT2D eigenvalue weighted by molar-refractivity contribution is 6.07. The quantitative estimate of drug-likeness (QED) is 0.633. The van der Waals surface area contributed by atoms with E-state index in [9.17, 15) is 14.4 Å². The summed E-state index contributed by atoms with van der Waals surface area (Å²) in [5.41, 5.74) is -0.515. The number of hydrogen-bond donors (Lipinski definition) is 1. The summed E-state index contributed by atoms with van der Waals surface area (Å²) in [6.07, 6.45) is 3.93. The van der Waals surface area contributed by atoms with Gasteiger partial charge in [-0.15, -0.1) is 0 Å². The van der Waals surface area contributed by atoms with Crippen molar-refractivity contribution in [2.24, 2.45) is 5.41 Å².